The zero-order valence-electron chi connectivity index (χ0n) is 12.3. The van der Waals surface area contributed by atoms with Crippen molar-refractivity contribution in [2.75, 3.05) is 25.5 Å². The van der Waals surface area contributed by atoms with Gasteiger partial charge in [0.05, 0.1) is 5.56 Å². The van der Waals surface area contributed by atoms with Gasteiger partial charge in [-0.15, -0.1) is 0 Å². The molecular weight excluding hydrogens is 281 g/mol. The Hall–Kier alpha value is -1.72. The largest absolute Gasteiger partial charge is 0.416 e. The van der Waals surface area contributed by atoms with Gasteiger partial charge in [-0.1, -0.05) is 19.4 Å². The molecule has 0 aliphatic rings. The maximum Gasteiger partial charge on any atom is 0.416 e. The van der Waals surface area contributed by atoms with E-state index in [0.717, 1.165) is 25.0 Å². The number of halogens is 3. The van der Waals surface area contributed by atoms with Crippen LogP contribution in [0.2, 0.25) is 0 Å². The van der Waals surface area contributed by atoms with Crippen molar-refractivity contribution in [3.8, 4) is 0 Å². The van der Waals surface area contributed by atoms with Crippen molar-refractivity contribution in [3.05, 3.63) is 29.8 Å². The molecule has 1 aromatic rings. The van der Waals surface area contributed by atoms with E-state index in [9.17, 15) is 18.0 Å². The molecular formula is C15H21F3N2O. The van der Waals surface area contributed by atoms with Crippen molar-refractivity contribution in [1.29, 1.82) is 0 Å². The van der Waals surface area contributed by atoms with Gasteiger partial charge in [-0.3, -0.25) is 4.79 Å². The van der Waals surface area contributed by atoms with E-state index in [1.165, 1.54) is 6.07 Å². The number of carbonyl (C=O) groups is 1. The van der Waals surface area contributed by atoms with Gasteiger partial charge in [-0.05, 0) is 24.6 Å². The normalized spacial score (nSPS) is 11.3. The molecule has 3 nitrogen and oxygen atoms in total. The predicted molar refractivity (Wildman–Crippen MR) is 77.1 cm³/mol. The van der Waals surface area contributed by atoms with Gasteiger partial charge in [0.2, 0.25) is 5.91 Å². The summed E-state index contributed by atoms with van der Waals surface area (Å²) >= 11 is 0. The number of amides is 1. The lowest BCUT2D eigenvalue weighted by molar-refractivity contribution is -0.137. The summed E-state index contributed by atoms with van der Waals surface area (Å²) in [7, 11) is 1.74. The average molecular weight is 302 g/mol. The highest BCUT2D eigenvalue weighted by Crippen LogP contribution is 2.30. The number of nitrogens with zero attached hydrogens (tertiary/aromatic N) is 1. The van der Waals surface area contributed by atoms with Gasteiger partial charge in [0, 0.05) is 32.2 Å². The molecule has 0 aliphatic carbocycles. The number of carbonyl (C=O) groups excluding carboxylic acids is 1. The van der Waals surface area contributed by atoms with Crippen molar-refractivity contribution >= 4 is 11.6 Å². The summed E-state index contributed by atoms with van der Waals surface area (Å²) < 4.78 is 37.7. The molecule has 21 heavy (non-hydrogen) atoms. The molecule has 0 saturated carbocycles. The molecule has 0 fully saturated rings. The Morgan fingerprint density at radius 3 is 2.67 bits per heavy atom. The number of alkyl halides is 3. The minimum absolute atomic E-state index is 0.0112. The highest BCUT2D eigenvalue weighted by Gasteiger charge is 2.30. The molecule has 118 valence electrons. The Bertz CT molecular complexity index is 460. The van der Waals surface area contributed by atoms with Crippen molar-refractivity contribution in [3.63, 3.8) is 0 Å². The SMILES string of the molecule is CCCCN(C)C(=O)CCNc1cccc(C(F)(F)F)c1. The first-order valence-corrected chi connectivity index (χ1v) is 6.99. The quantitative estimate of drug-likeness (QED) is 0.831. The standard InChI is InChI=1S/C15H21F3N2O/c1-3-4-10-20(2)14(21)8-9-19-13-7-5-6-12(11-13)15(16,17)18/h5-7,11,19H,3-4,8-10H2,1-2H3. The second-order valence-electron chi connectivity index (χ2n) is 4.92. The Kier molecular flexibility index (Phi) is 6.52. The summed E-state index contributed by atoms with van der Waals surface area (Å²) in [6.07, 6.45) is -2.13. The van der Waals surface area contributed by atoms with E-state index in [4.69, 9.17) is 0 Å². The Labute approximate surface area is 123 Å². The van der Waals surface area contributed by atoms with Crippen LogP contribution in [0.25, 0.3) is 0 Å². The van der Waals surface area contributed by atoms with Crippen LogP contribution in [-0.2, 0) is 11.0 Å². The molecule has 1 amide bonds. The summed E-state index contributed by atoms with van der Waals surface area (Å²) in [5.74, 6) is -0.0112. The van der Waals surface area contributed by atoms with E-state index in [1.807, 2.05) is 6.92 Å². The molecule has 0 heterocycles. The number of unbranched alkanes of at least 4 members (excludes halogenated alkanes) is 1. The van der Waals surface area contributed by atoms with Crippen LogP contribution < -0.4 is 5.32 Å². The summed E-state index contributed by atoms with van der Waals surface area (Å²) in [5, 5.41) is 2.85. The van der Waals surface area contributed by atoms with Gasteiger partial charge in [0.1, 0.15) is 0 Å². The molecule has 0 unspecified atom stereocenters. The van der Waals surface area contributed by atoms with Gasteiger partial charge < -0.3 is 10.2 Å². The van der Waals surface area contributed by atoms with Crippen LogP contribution in [0.5, 0.6) is 0 Å². The van der Waals surface area contributed by atoms with Crippen LogP contribution in [0, 0.1) is 0 Å². The number of hydrogen-bond donors (Lipinski definition) is 1. The highest BCUT2D eigenvalue weighted by atomic mass is 19.4. The lowest BCUT2D eigenvalue weighted by atomic mass is 10.2. The fraction of sp³-hybridized carbons (Fsp3) is 0.533. The van der Waals surface area contributed by atoms with Crippen LogP contribution in [0.3, 0.4) is 0 Å². The molecule has 6 heteroatoms. The Balaban J connectivity index is 2.44. The van der Waals surface area contributed by atoms with E-state index >= 15 is 0 Å². The summed E-state index contributed by atoms with van der Waals surface area (Å²) in [6.45, 7) is 3.07. The van der Waals surface area contributed by atoms with Crippen molar-refractivity contribution < 1.29 is 18.0 Å². The molecule has 1 N–H and O–H groups in total. The second kappa shape index (κ2) is 7.90. The number of hydrogen-bond acceptors (Lipinski definition) is 2. The first-order chi connectivity index (χ1) is 9.84. The zero-order valence-corrected chi connectivity index (χ0v) is 12.3. The summed E-state index contributed by atoms with van der Waals surface area (Å²) in [4.78, 5) is 13.4. The molecule has 1 rings (SSSR count). The van der Waals surface area contributed by atoms with Crippen LogP contribution in [0.1, 0.15) is 31.7 Å². The van der Waals surface area contributed by atoms with Crippen LogP contribution in [-0.4, -0.2) is 30.9 Å². The number of anilines is 1. The van der Waals surface area contributed by atoms with E-state index in [1.54, 1.807) is 18.0 Å². The van der Waals surface area contributed by atoms with Crippen LogP contribution >= 0.6 is 0 Å². The van der Waals surface area contributed by atoms with Gasteiger partial charge in [-0.25, -0.2) is 0 Å². The first-order valence-electron chi connectivity index (χ1n) is 6.99. The van der Waals surface area contributed by atoms with E-state index in [2.05, 4.69) is 5.32 Å². The lowest BCUT2D eigenvalue weighted by Crippen LogP contribution is -2.29. The predicted octanol–water partition coefficient (Wildman–Crippen LogP) is 3.77. The fourth-order valence-corrected chi connectivity index (χ4v) is 1.83. The average Bonchev–Trinajstić information content (AvgIpc) is 2.44. The van der Waals surface area contributed by atoms with E-state index < -0.39 is 11.7 Å². The minimum Gasteiger partial charge on any atom is -0.385 e. The van der Waals surface area contributed by atoms with Gasteiger partial charge in [0.15, 0.2) is 0 Å². The molecule has 0 saturated heterocycles. The van der Waals surface area contributed by atoms with Crippen LogP contribution in [0.15, 0.2) is 24.3 Å². The molecule has 0 bridgehead atoms. The molecule has 0 radical (unpaired) electrons. The monoisotopic (exact) mass is 302 g/mol. The molecule has 0 atom stereocenters. The smallest absolute Gasteiger partial charge is 0.385 e. The lowest BCUT2D eigenvalue weighted by Gasteiger charge is -2.17. The molecule has 1 aromatic carbocycles. The topological polar surface area (TPSA) is 32.3 Å². The van der Waals surface area contributed by atoms with Gasteiger partial charge in [0.25, 0.3) is 0 Å². The van der Waals surface area contributed by atoms with Crippen molar-refractivity contribution in [2.45, 2.75) is 32.4 Å². The highest BCUT2D eigenvalue weighted by molar-refractivity contribution is 5.76. The van der Waals surface area contributed by atoms with E-state index in [-0.39, 0.29) is 12.3 Å². The third kappa shape index (κ3) is 6.06. The minimum atomic E-state index is -4.35. The van der Waals surface area contributed by atoms with E-state index in [0.29, 0.717) is 18.8 Å². The fourth-order valence-electron chi connectivity index (χ4n) is 1.83. The third-order valence-electron chi connectivity index (χ3n) is 3.13. The third-order valence-corrected chi connectivity index (χ3v) is 3.13. The maximum absolute atomic E-state index is 12.6. The summed E-state index contributed by atoms with van der Waals surface area (Å²) in [5.41, 5.74) is -0.326. The van der Waals surface area contributed by atoms with Crippen LogP contribution in [0.4, 0.5) is 18.9 Å². The number of benzene rings is 1. The first kappa shape index (κ1) is 17.3. The summed E-state index contributed by atoms with van der Waals surface area (Å²) in [6, 6.07) is 4.97. The van der Waals surface area contributed by atoms with Crippen molar-refractivity contribution in [1.82, 2.24) is 4.90 Å². The molecule has 0 aliphatic heterocycles. The van der Waals surface area contributed by atoms with Gasteiger partial charge in [-0.2, -0.15) is 13.2 Å². The Morgan fingerprint density at radius 2 is 2.05 bits per heavy atom. The molecule has 0 aromatic heterocycles. The molecule has 0 spiro atoms. The maximum atomic E-state index is 12.6. The van der Waals surface area contributed by atoms with Crippen molar-refractivity contribution in [2.24, 2.45) is 0 Å². The number of nitrogens with one attached hydrogen (secondary N) is 1. The second-order valence-corrected chi connectivity index (χ2v) is 4.92. The van der Waals surface area contributed by atoms with Gasteiger partial charge >= 0.3 is 6.18 Å². The Morgan fingerprint density at radius 1 is 1.33 bits per heavy atom. The number of rotatable bonds is 7. The zero-order chi connectivity index (χ0) is 15.9.